The second-order valence-electron chi connectivity index (χ2n) is 4.43. The smallest absolute Gasteiger partial charge is 0.550 e. The first-order valence-electron chi connectivity index (χ1n) is 7.41. The number of carbonyl (C=O) groups excluding carboxylic acids is 3. The fourth-order valence-corrected chi connectivity index (χ4v) is 0.963. The van der Waals surface area contributed by atoms with E-state index in [0.717, 1.165) is 38.5 Å². The molecule has 0 atom stereocenters. The third-order valence-electron chi connectivity index (χ3n) is 2.20. The molecule has 0 aliphatic heterocycles. The van der Waals surface area contributed by atoms with Crippen LogP contribution in [0, 0.1) is 0 Å². The van der Waals surface area contributed by atoms with Crippen molar-refractivity contribution in [1.82, 2.24) is 0 Å². The molecular weight excluding hydrogens is 340 g/mol. The van der Waals surface area contributed by atoms with Gasteiger partial charge in [0.05, 0.1) is 0 Å². The van der Waals surface area contributed by atoms with E-state index in [1.54, 1.807) is 0 Å². The zero-order valence-electron chi connectivity index (χ0n) is 14.3. The van der Waals surface area contributed by atoms with Gasteiger partial charge in [-0.15, -0.1) is 0 Å². The maximum Gasteiger partial charge on any atom is 3.00 e. The van der Waals surface area contributed by atoms with Crippen LogP contribution in [0.4, 0.5) is 0 Å². The van der Waals surface area contributed by atoms with Crippen molar-refractivity contribution in [2.75, 3.05) is 0 Å². The molecule has 7 nitrogen and oxygen atoms in total. The van der Waals surface area contributed by atoms with Gasteiger partial charge >= 0.3 is 21.7 Å². The van der Waals surface area contributed by atoms with E-state index in [2.05, 4.69) is 0 Å². The molecule has 0 bridgehead atoms. The molecule has 0 saturated heterocycles. The summed E-state index contributed by atoms with van der Waals surface area (Å²) in [5.74, 6) is -2.83. The molecule has 8 heteroatoms. The minimum atomic E-state index is -0.943. The summed E-state index contributed by atoms with van der Waals surface area (Å²) in [5, 5.41) is 28.9. The maximum absolute atomic E-state index is 9.65. The largest absolute Gasteiger partial charge is 3.00 e. The Bertz CT molecular complexity index is 228. The second kappa shape index (κ2) is 29.1. The van der Waals surface area contributed by atoms with Crippen molar-refractivity contribution in [3.63, 3.8) is 0 Å². The molecule has 0 heterocycles. The van der Waals surface area contributed by atoms with Crippen molar-refractivity contribution < 1.29 is 56.9 Å². The summed E-state index contributed by atoms with van der Waals surface area (Å²) < 4.78 is 0. The van der Waals surface area contributed by atoms with E-state index in [1.807, 2.05) is 20.8 Å². The van der Waals surface area contributed by atoms with E-state index in [9.17, 15) is 29.7 Å². The van der Waals surface area contributed by atoms with Crippen molar-refractivity contribution in [1.29, 1.82) is 0 Å². The first-order chi connectivity index (χ1) is 9.81. The van der Waals surface area contributed by atoms with Crippen LogP contribution in [0.1, 0.15) is 78.6 Å². The molecule has 0 saturated carbocycles. The van der Waals surface area contributed by atoms with Crippen LogP contribution in [-0.4, -0.2) is 23.4 Å². The van der Waals surface area contributed by atoms with Gasteiger partial charge in [0.15, 0.2) is 0 Å². The Kier molecular flexibility index (Phi) is 42.6. The van der Waals surface area contributed by atoms with Gasteiger partial charge in [-0.3, -0.25) is 0 Å². The van der Waals surface area contributed by atoms with Gasteiger partial charge in [0, 0.05) is 17.9 Å². The first-order valence-corrected chi connectivity index (χ1v) is 7.41. The van der Waals surface area contributed by atoms with Crippen LogP contribution in [0.5, 0.6) is 0 Å². The number of carbonyl (C=O) groups is 3. The Morgan fingerprint density at radius 2 is 0.783 bits per heavy atom. The van der Waals surface area contributed by atoms with Gasteiger partial charge in [0.2, 0.25) is 0 Å². The molecule has 0 rings (SSSR count). The predicted molar refractivity (Wildman–Crippen MR) is 77.2 cm³/mol. The number of rotatable bonds is 9. The topological polar surface area (TPSA) is 152 Å². The monoisotopic (exact) mass is 369 g/mol. The molecule has 0 aliphatic rings. The Morgan fingerprint density at radius 1 is 0.609 bits per heavy atom. The standard InChI is InChI=1S/3C5H10O2.H2O.Ti/c3*1-2-3-4-5(6)7;;/h3*2-4H2,1H3,(H,6,7);1H2;/q;;;;+3/p-3. The third kappa shape index (κ3) is 62.5. The Labute approximate surface area is 153 Å². The average molecular weight is 369 g/mol. The van der Waals surface area contributed by atoms with Crippen LogP contribution >= 0.6 is 0 Å². The molecule has 0 amide bonds. The molecule has 1 radical (unpaired) electrons. The molecule has 23 heavy (non-hydrogen) atoms. The number of unbranched alkanes of at least 4 members (excludes halogenated alkanes) is 3. The summed E-state index contributed by atoms with van der Waals surface area (Å²) >= 11 is 0. The van der Waals surface area contributed by atoms with Crippen molar-refractivity contribution in [3.8, 4) is 0 Å². The minimum Gasteiger partial charge on any atom is -0.550 e. The SMILES string of the molecule is CCCCC(=O)[O-].CCCCC(=O)[O-].CCCCC(=O)[O-].O.[Ti+3]. The summed E-state index contributed by atoms with van der Waals surface area (Å²) in [5.41, 5.74) is 0. The van der Waals surface area contributed by atoms with Crippen molar-refractivity contribution in [2.45, 2.75) is 78.6 Å². The van der Waals surface area contributed by atoms with Crippen LogP contribution in [-0.2, 0) is 36.1 Å². The maximum atomic E-state index is 9.65. The van der Waals surface area contributed by atoms with E-state index >= 15 is 0 Å². The molecule has 2 N–H and O–H groups in total. The summed E-state index contributed by atoms with van der Waals surface area (Å²) in [4.78, 5) is 28.9. The van der Waals surface area contributed by atoms with Crippen LogP contribution in [0.15, 0.2) is 0 Å². The zero-order chi connectivity index (χ0) is 17.1. The Hall–Kier alpha value is -0.916. The molecule has 0 aromatic heterocycles. The minimum absolute atomic E-state index is 0. The number of aliphatic carboxylic acids is 3. The van der Waals surface area contributed by atoms with E-state index < -0.39 is 17.9 Å². The molecule has 0 unspecified atom stereocenters. The van der Waals surface area contributed by atoms with Crippen LogP contribution in [0.25, 0.3) is 0 Å². The summed E-state index contributed by atoms with van der Waals surface area (Å²) in [6.07, 6.45) is 5.60. The predicted octanol–water partition coefficient (Wildman–Crippen LogP) is -1.05. The molecule has 0 aromatic carbocycles. The molecule has 0 spiro atoms. The Morgan fingerprint density at radius 3 is 0.826 bits per heavy atom. The van der Waals surface area contributed by atoms with Gasteiger partial charge in [-0.2, -0.15) is 0 Å². The van der Waals surface area contributed by atoms with Crippen LogP contribution in [0.3, 0.4) is 0 Å². The van der Waals surface area contributed by atoms with Crippen LogP contribution < -0.4 is 15.3 Å². The fourth-order valence-electron chi connectivity index (χ4n) is 0.963. The van der Waals surface area contributed by atoms with E-state index in [1.165, 1.54) is 0 Å². The zero-order valence-corrected chi connectivity index (χ0v) is 15.9. The molecular formula is C15H29O7Ti. The van der Waals surface area contributed by atoms with Crippen molar-refractivity contribution >= 4 is 17.9 Å². The number of carboxylic acids is 3. The molecule has 0 fully saturated rings. The third-order valence-corrected chi connectivity index (χ3v) is 2.20. The molecule has 135 valence electrons. The van der Waals surface area contributed by atoms with Gasteiger partial charge < -0.3 is 35.2 Å². The van der Waals surface area contributed by atoms with Gasteiger partial charge in [-0.1, -0.05) is 40.0 Å². The summed E-state index contributed by atoms with van der Waals surface area (Å²) in [7, 11) is 0. The van der Waals surface area contributed by atoms with Crippen molar-refractivity contribution in [3.05, 3.63) is 0 Å². The van der Waals surface area contributed by atoms with Gasteiger partial charge in [-0.25, -0.2) is 0 Å². The number of hydrogen-bond donors (Lipinski definition) is 0. The summed E-state index contributed by atoms with van der Waals surface area (Å²) in [6, 6.07) is 0. The van der Waals surface area contributed by atoms with E-state index in [0.29, 0.717) is 0 Å². The van der Waals surface area contributed by atoms with E-state index in [4.69, 9.17) is 0 Å². The second-order valence-corrected chi connectivity index (χ2v) is 4.43. The number of carboxylic acid groups (broad SMARTS) is 3. The Balaban J connectivity index is -0.0000000675. The average Bonchev–Trinajstić information content (AvgIpc) is 2.41. The fraction of sp³-hybridized carbons (Fsp3) is 0.800. The van der Waals surface area contributed by atoms with Gasteiger partial charge in [-0.05, 0) is 38.5 Å². The normalized spacial score (nSPS) is 7.96. The van der Waals surface area contributed by atoms with Crippen molar-refractivity contribution in [2.24, 2.45) is 0 Å². The quantitative estimate of drug-likeness (QED) is 0.473. The van der Waals surface area contributed by atoms with Gasteiger partial charge in [0.25, 0.3) is 0 Å². The first kappa shape index (κ1) is 33.6. The molecule has 0 aromatic rings. The van der Waals surface area contributed by atoms with Crippen LogP contribution in [0.2, 0.25) is 0 Å². The van der Waals surface area contributed by atoms with Gasteiger partial charge in [0.1, 0.15) is 0 Å². The molecule has 0 aliphatic carbocycles. The van der Waals surface area contributed by atoms with E-state index in [-0.39, 0.29) is 46.5 Å². The number of hydrogen-bond acceptors (Lipinski definition) is 6. The summed E-state index contributed by atoms with van der Waals surface area (Å²) in [6.45, 7) is 5.84.